The maximum atomic E-state index is 14.7. The van der Waals surface area contributed by atoms with Crippen molar-refractivity contribution in [3.63, 3.8) is 0 Å². The van der Waals surface area contributed by atoms with Gasteiger partial charge in [-0.2, -0.15) is 0 Å². The van der Waals surface area contributed by atoms with Gasteiger partial charge in [-0.3, -0.25) is 9.59 Å². The van der Waals surface area contributed by atoms with Gasteiger partial charge in [-0.25, -0.2) is 4.79 Å². The molecule has 3 rings (SSSR count). The Labute approximate surface area is 268 Å². The molecule has 0 aromatic heterocycles. The Bertz CT molecular complexity index is 1450. The van der Waals surface area contributed by atoms with Crippen molar-refractivity contribution in [3.8, 4) is 5.75 Å². The van der Waals surface area contributed by atoms with E-state index in [0.29, 0.717) is 18.7 Å². The second-order valence-corrected chi connectivity index (χ2v) is 12.7. The number of alkyl carbamates (subject to hydrolysis) is 1. The highest BCUT2D eigenvalue weighted by atomic mass is 16.6. The monoisotopic (exact) mass is 615 g/mol. The second-order valence-electron chi connectivity index (χ2n) is 12.7. The summed E-state index contributed by atoms with van der Waals surface area (Å²) in [4.78, 5) is 43.7. The zero-order chi connectivity index (χ0) is 33.1. The summed E-state index contributed by atoms with van der Waals surface area (Å²) in [5.41, 5.74) is 4.20. The summed E-state index contributed by atoms with van der Waals surface area (Å²) < 4.78 is 5.54. The average Bonchev–Trinajstić information content (AvgIpc) is 2.96. The fraction of sp³-hybridized carbons (Fsp3) is 0.432. The van der Waals surface area contributed by atoms with Crippen LogP contribution in [0.5, 0.6) is 5.75 Å². The van der Waals surface area contributed by atoms with Crippen molar-refractivity contribution < 1.29 is 24.2 Å². The van der Waals surface area contributed by atoms with E-state index in [1.165, 1.54) is 0 Å². The topological polar surface area (TPSA) is 108 Å². The summed E-state index contributed by atoms with van der Waals surface area (Å²) in [6, 6.07) is 17.9. The highest BCUT2D eigenvalue weighted by molar-refractivity contribution is 5.99. The van der Waals surface area contributed by atoms with Crippen molar-refractivity contribution in [1.82, 2.24) is 10.2 Å². The van der Waals surface area contributed by atoms with Gasteiger partial charge in [-0.1, -0.05) is 80.3 Å². The molecule has 242 valence electrons. The molecule has 0 aliphatic heterocycles. The summed E-state index contributed by atoms with van der Waals surface area (Å²) in [5.74, 6) is -0.627. The average molecular weight is 616 g/mol. The van der Waals surface area contributed by atoms with Crippen LogP contribution >= 0.6 is 0 Å². The van der Waals surface area contributed by atoms with Crippen LogP contribution in [0.4, 0.5) is 10.5 Å². The fourth-order valence-electron chi connectivity index (χ4n) is 5.29. The van der Waals surface area contributed by atoms with Crippen LogP contribution in [0.1, 0.15) is 87.2 Å². The van der Waals surface area contributed by atoms with E-state index in [2.05, 4.69) is 17.6 Å². The summed E-state index contributed by atoms with van der Waals surface area (Å²) >= 11 is 0. The number of carbonyl (C=O) groups excluding carboxylic acids is 3. The number of nitrogens with zero attached hydrogens (tertiary/aromatic N) is 1. The van der Waals surface area contributed by atoms with Gasteiger partial charge in [0, 0.05) is 18.7 Å². The lowest BCUT2D eigenvalue weighted by molar-refractivity contribution is -0.140. The summed E-state index contributed by atoms with van der Waals surface area (Å²) in [6.07, 6.45) is 3.02. The van der Waals surface area contributed by atoms with Crippen molar-refractivity contribution in [2.45, 2.75) is 98.3 Å². The predicted molar refractivity (Wildman–Crippen MR) is 179 cm³/mol. The SMILES string of the molecule is CCCCCCN(C(=O)C(Cc1ccc(O)cc1)NC(=O)OC(C)(C)C)C(C(=O)Nc1ccccc1C)c1ccc(C)cc1C. The number of unbranched alkanes of at least 4 members (excludes halogenated alkanes) is 3. The zero-order valence-electron chi connectivity index (χ0n) is 27.8. The number of hydrogen-bond acceptors (Lipinski definition) is 5. The Morgan fingerprint density at radius 1 is 0.889 bits per heavy atom. The molecule has 0 fully saturated rings. The molecule has 0 radical (unpaired) electrons. The maximum absolute atomic E-state index is 14.7. The minimum atomic E-state index is -1.03. The molecule has 0 spiro atoms. The third kappa shape index (κ3) is 10.7. The molecule has 3 N–H and O–H groups in total. The lowest BCUT2D eigenvalue weighted by Crippen LogP contribution is -2.53. The van der Waals surface area contributed by atoms with Crippen LogP contribution in [0.2, 0.25) is 0 Å². The van der Waals surface area contributed by atoms with E-state index in [1.54, 1.807) is 49.9 Å². The minimum absolute atomic E-state index is 0.0991. The molecule has 3 aromatic rings. The molecule has 8 nitrogen and oxygen atoms in total. The fourth-order valence-corrected chi connectivity index (χ4v) is 5.29. The quantitative estimate of drug-likeness (QED) is 0.172. The Hall–Kier alpha value is -4.33. The molecule has 0 aliphatic rings. The summed E-state index contributed by atoms with van der Waals surface area (Å²) in [7, 11) is 0. The lowest BCUT2D eigenvalue weighted by Gasteiger charge is -2.35. The molecule has 2 unspecified atom stereocenters. The van der Waals surface area contributed by atoms with Crippen molar-refractivity contribution >= 4 is 23.6 Å². The summed E-state index contributed by atoms with van der Waals surface area (Å²) in [6.45, 7) is 13.6. The van der Waals surface area contributed by atoms with Gasteiger partial charge >= 0.3 is 6.09 Å². The molecule has 0 bridgehead atoms. The maximum Gasteiger partial charge on any atom is 0.408 e. The normalized spacial score (nSPS) is 12.6. The van der Waals surface area contributed by atoms with Crippen LogP contribution in [0.15, 0.2) is 66.7 Å². The molecule has 0 saturated heterocycles. The first-order valence-electron chi connectivity index (χ1n) is 15.8. The number of phenolic OH excluding ortho intramolecular Hbond substituents is 1. The van der Waals surface area contributed by atoms with Crippen molar-refractivity contribution in [3.05, 3.63) is 94.5 Å². The standard InChI is InChI=1S/C37H49N3O5/c1-8-9-10-13-22-40(35(43)32(39-36(44)45-37(5,6)7)24-28-17-19-29(41)20-18-28)33(30-21-16-25(2)23-27(30)4)34(42)38-31-15-12-11-14-26(31)3/h11-12,14-21,23,32-33,41H,8-10,13,22,24H2,1-7H3,(H,38,42)(H,39,44). The van der Waals surface area contributed by atoms with Gasteiger partial charge in [0.2, 0.25) is 5.91 Å². The van der Waals surface area contributed by atoms with Gasteiger partial charge in [0.05, 0.1) is 0 Å². The third-order valence-corrected chi connectivity index (χ3v) is 7.58. The Balaban J connectivity index is 2.11. The molecular formula is C37H49N3O5. The van der Waals surface area contributed by atoms with Crippen molar-refractivity contribution in [2.24, 2.45) is 0 Å². The van der Waals surface area contributed by atoms with Gasteiger partial charge in [-0.05, 0) is 88.4 Å². The van der Waals surface area contributed by atoms with E-state index in [1.807, 2.05) is 63.2 Å². The second kappa shape index (κ2) is 16.1. The number of phenols is 1. The lowest BCUT2D eigenvalue weighted by atomic mass is 9.95. The number of aromatic hydroxyl groups is 1. The first kappa shape index (κ1) is 35.2. The first-order valence-corrected chi connectivity index (χ1v) is 15.8. The molecule has 2 atom stereocenters. The van der Waals surface area contributed by atoms with Gasteiger partial charge in [0.25, 0.3) is 5.91 Å². The third-order valence-electron chi connectivity index (χ3n) is 7.58. The van der Waals surface area contributed by atoms with E-state index in [9.17, 15) is 19.5 Å². The van der Waals surface area contributed by atoms with Crippen molar-refractivity contribution in [2.75, 3.05) is 11.9 Å². The van der Waals surface area contributed by atoms with Crippen molar-refractivity contribution in [1.29, 1.82) is 0 Å². The van der Waals surface area contributed by atoms with E-state index in [4.69, 9.17) is 4.74 Å². The molecular weight excluding hydrogens is 566 g/mol. The molecule has 0 saturated carbocycles. The number of carbonyl (C=O) groups is 3. The first-order chi connectivity index (χ1) is 21.3. The van der Waals surface area contributed by atoms with E-state index >= 15 is 0 Å². The number of hydrogen-bond donors (Lipinski definition) is 3. The molecule has 45 heavy (non-hydrogen) atoms. The van der Waals surface area contributed by atoms with E-state index in [0.717, 1.165) is 47.1 Å². The summed E-state index contributed by atoms with van der Waals surface area (Å²) in [5, 5.41) is 15.7. The van der Waals surface area contributed by atoms with Gasteiger partial charge in [0.1, 0.15) is 23.4 Å². The number of anilines is 1. The number of amides is 3. The zero-order valence-corrected chi connectivity index (χ0v) is 27.8. The van der Waals surface area contributed by atoms with E-state index < -0.39 is 29.7 Å². The smallest absolute Gasteiger partial charge is 0.408 e. The predicted octanol–water partition coefficient (Wildman–Crippen LogP) is 7.54. The van der Waals surface area contributed by atoms with Crippen LogP contribution in [0, 0.1) is 20.8 Å². The Kier molecular flexibility index (Phi) is 12.6. The molecule has 0 heterocycles. The van der Waals surface area contributed by atoms with Crippen LogP contribution in [0.3, 0.4) is 0 Å². The molecule has 3 amide bonds. The number of aryl methyl sites for hydroxylation is 3. The van der Waals surface area contributed by atoms with Crippen LogP contribution in [-0.4, -0.2) is 46.1 Å². The van der Waals surface area contributed by atoms with Crippen LogP contribution in [-0.2, 0) is 20.7 Å². The van der Waals surface area contributed by atoms with Gasteiger partial charge < -0.3 is 25.4 Å². The molecule has 0 aliphatic carbocycles. The van der Waals surface area contributed by atoms with Gasteiger partial charge in [-0.15, -0.1) is 0 Å². The number of nitrogens with one attached hydrogen (secondary N) is 2. The number of rotatable bonds is 13. The number of para-hydroxylation sites is 1. The Morgan fingerprint density at radius 3 is 2.20 bits per heavy atom. The number of benzene rings is 3. The Morgan fingerprint density at radius 2 is 1.58 bits per heavy atom. The highest BCUT2D eigenvalue weighted by Crippen LogP contribution is 2.29. The molecule has 8 heteroatoms. The minimum Gasteiger partial charge on any atom is -0.508 e. The molecule has 3 aromatic carbocycles. The van der Waals surface area contributed by atoms with E-state index in [-0.39, 0.29) is 18.1 Å². The van der Waals surface area contributed by atoms with Crippen LogP contribution < -0.4 is 10.6 Å². The van der Waals surface area contributed by atoms with Gasteiger partial charge in [0.15, 0.2) is 0 Å². The largest absolute Gasteiger partial charge is 0.508 e. The van der Waals surface area contributed by atoms with Crippen LogP contribution in [0.25, 0.3) is 0 Å². The number of ether oxygens (including phenoxy) is 1. The highest BCUT2D eigenvalue weighted by Gasteiger charge is 2.37.